The highest BCUT2D eigenvalue weighted by Crippen LogP contribution is 2.31. The third kappa shape index (κ3) is 5.01. The maximum atomic E-state index is 12.9. The molecule has 1 aliphatic carbocycles. The van der Waals surface area contributed by atoms with Gasteiger partial charge >= 0.3 is 12.1 Å². The monoisotopic (exact) mass is 426 g/mol. The highest BCUT2D eigenvalue weighted by molar-refractivity contribution is 7.99. The molecular formula is C20H21F3N2O3S. The van der Waals surface area contributed by atoms with E-state index in [9.17, 15) is 22.8 Å². The van der Waals surface area contributed by atoms with Crippen molar-refractivity contribution in [3.63, 3.8) is 0 Å². The topological polar surface area (TPSA) is 61.2 Å². The fourth-order valence-corrected chi connectivity index (χ4v) is 4.53. The standard InChI is InChI=1S/C20H21F3N2O3S/c1-28-18(27)16-11-24-19(29-12-13-5-3-2-4-6-13)25(17(16)26)15-9-7-14(8-10-15)20(21,22)23/h7-11,13H,2-6,12H2,1H3. The molecule has 0 radical (unpaired) electrons. The van der Waals surface area contributed by atoms with Gasteiger partial charge in [-0.05, 0) is 43.0 Å². The van der Waals surface area contributed by atoms with Crippen LogP contribution < -0.4 is 5.56 Å². The van der Waals surface area contributed by atoms with Gasteiger partial charge < -0.3 is 4.74 Å². The van der Waals surface area contributed by atoms with Gasteiger partial charge in [-0.2, -0.15) is 13.2 Å². The van der Waals surface area contributed by atoms with Gasteiger partial charge in [0.2, 0.25) is 0 Å². The Morgan fingerprint density at radius 2 is 1.86 bits per heavy atom. The van der Waals surface area contributed by atoms with Crippen LogP contribution in [0.5, 0.6) is 0 Å². The van der Waals surface area contributed by atoms with Crippen molar-refractivity contribution in [3.05, 3.63) is 51.9 Å². The number of benzene rings is 1. The van der Waals surface area contributed by atoms with E-state index in [-0.39, 0.29) is 11.3 Å². The number of aromatic nitrogens is 2. The first-order valence-electron chi connectivity index (χ1n) is 9.32. The van der Waals surface area contributed by atoms with Gasteiger partial charge in [-0.1, -0.05) is 31.0 Å². The summed E-state index contributed by atoms with van der Waals surface area (Å²) in [6.45, 7) is 0. The lowest BCUT2D eigenvalue weighted by Crippen LogP contribution is -2.28. The molecule has 1 aromatic carbocycles. The number of thioether (sulfide) groups is 1. The number of rotatable bonds is 5. The minimum atomic E-state index is -4.48. The number of esters is 1. The lowest BCUT2D eigenvalue weighted by Gasteiger charge is -2.21. The molecule has 29 heavy (non-hydrogen) atoms. The van der Waals surface area contributed by atoms with Crippen LogP contribution in [0, 0.1) is 5.92 Å². The second kappa shape index (κ2) is 9.02. The number of carbonyl (C=O) groups is 1. The summed E-state index contributed by atoms with van der Waals surface area (Å²) >= 11 is 1.38. The average Bonchev–Trinajstić information content (AvgIpc) is 2.72. The molecule has 1 saturated carbocycles. The molecule has 3 rings (SSSR count). The molecule has 9 heteroatoms. The fraction of sp³-hybridized carbons (Fsp3) is 0.450. The van der Waals surface area contributed by atoms with Crippen molar-refractivity contribution in [3.8, 4) is 5.69 Å². The maximum absolute atomic E-state index is 12.9. The number of hydrogen-bond donors (Lipinski definition) is 0. The van der Waals surface area contributed by atoms with Crippen molar-refractivity contribution in [1.29, 1.82) is 0 Å². The summed E-state index contributed by atoms with van der Waals surface area (Å²) in [5.41, 5.74) is -1.54. The Hall–Kier alpha value is -2.29. The van der Waals surface area contributed by atoms with Crippen LogP contribution >= 0.6 is 11.8 Å². The lowest BCUT2D eigenvalue weighted by molar-refractivity contribution is -0.137. The van der Waals surface area contributed by atoms with Crippen molar-refractivity contribution in [1.82, 2.24) is 9.55 Å². The van der Waals surface area contributed by atoms with Crippen molar-refractivity contribution >= 4 is 17.7 Å². The number of nitrogens with zero attached hydrogens (tertiary/aromatic N) is 2. The maximum Gasteiger partial charge on any atom is 0.416 e. The molecule has 0 aliphatic heterocycles. The van der Waals surface area contributed by atoms with Crippen molar-refractivity contribution < 1.29 is 22.7 Å². The second-order valence-corrected chi connectivity index (χ2v) is 7.93. The molecule has 0 unspecified atom stereocenters. The third-order valence-corrected chi connectivity index (χ3v) is 6.14. The van der Waals surface area contributed by atoms with E-state index in [1.165, 1.54) is 47.7 Å². The Labute approximate surface area is 170 Å². The molecule has 1 heterocycles. The molecule has 0 bridgehead atoms. The van der Waals surface area contributed by atoms with E-state index in [1.807, 2.05) is 0 Å². The number of carbonyl (C=O) groups excluding carboxylic acids is 1. The number of halogens is 3. The lowest BCUT2D eigenvalue weighted by atomic mass is 9.91. The van der Waals surface area contributed by atoms with Crippen molar-refractivity contribution in [2.24, 2.45) is 5.92 Å². The van der Waals surface area contributed by atoms with E-state index in [0.717, 1.165) is 44.0 Å². The molecule has 2 aromatic rings. The first-order chi connectivity index (χ1) is 13.8. The summed E-state index contributed by atoms with van der Waals surface area (Å²) in [7, 11) is 1.15. The van der Waals surface area contributed by atoms with E-state index in [1.54, 1.807) is 0 Å². The summed E-state index contributed by atoms with van der Waals surface area (Å²) in [5, 5.41) is 0.341. The van der Waals surface area contributed by atoms with Crippen LogP contribution in [-0.4, -0.2) is 28.4 Å². The molecule has 5 nitrogen and oxygen atoms in total. The molecule has 1 aliphatic rings. The van der Waals surface area contributed by atoms with Gasteiger partial charge in [0, 0.05) is 5.75 Å². The van der Waals surface area contributed by atoms with E-state index in [2.05, 4.69) is 9.72 Å². The van der Waals surface area contributed by atoms with Gasteiger partial charge in [0.15, 0.2) is 5.16 Å². The van der Waals surface area contributed by atoms with Crippen LogP contribution in [-0.2, 0) is 10.9 Å². The molecule has 1 aromatic heterocycles. The molecule has 0 amide bonds. The largest absolute Gasteiger partial charge is 0.465 e. The van der Waals surface area contributed by atoms with Crippen LogP contribution in [0.25, 0.3) is 5.69 Å². The van der Waals surface area contributed by atoms with Crippen molar-refractivity contribution in [2.45, 2.75) is 43.4 Å². The first kappa shape index (κ1) is 21.4. The first-order valence-corrected chi connectivity index (χ1v) is 10.3. The Morgan fingerprint density at radius 3 is 2.45 bits per heavy atom. The fourth-order valence-electron chi connectivity index (χ4n) is 3.37. The zero-order valence-corrected chi connectivity index (χ0v) is 16.7. The van der Waals surface area contributed by atoms with Gasteiger partial charge in [-0.15, -0.1) is 0 Å². The Bertz CT molecular complexity index is 920. The second-order valence-electron chi connectivity index (χ2n) is 6.95. The minimum Gasteiger partial charge on any atom is -0.465 e. The predicted octanol–water partition coefficient (Wildman–Crippen LogP) is 4.71. The van der Waals surface area contributed by atoms with Gasteiger partial charge in [-0.25, -0.2) is 9.78 Å². The van der Waals surface area contributed by atoms with Crippen LogP contribution in [0.3, 0.4) is 0 Å². The van der Waals surface area contributed by atoms with E-state index < -0.39 is 23.3 Å². The van der Waals surface area contributed by atoms with Crippen LogP contribution in [0.15, 0.2) is 40.4 Å². The zero-order chi connectivity index (χ0) is 21.0. The molecule has 156 valence electrons. The smallest absolute Gasteiger partial charge is 0.416 e. The Morgan fingerprint density at radius 1 is 1.21 bits per heavy atom. The van der Waals surface area contributed by atoms with Gasteiger partial charge in [0.25, 0.3) is 5.56 Å². The molecule has 0 saturated heterocycles. The molecule has 0 N–H and O–H groups in total. The molecule has 0 atom stereocenters. The Balaban J connectivity index is 1.98. The summed E-state index contributed by atoms with van der Waals surface area (Å²) in [4.78, 5) is 29.0. The molecule has 0 spiro atoms. The third-order valence-electron chi connectivity index (χ3n) is 4.96. The van der Waals surface area contributed by atoms with Crippen LogP contribution in [0.1, 0.15) is 48.0 Å². The summed E-state index contributed by atoms with van der Waals surface area (Å²) in [5.74, 6) is 0.420. The highest BCUT2D eigenvalue weighted by atomic mass is 32.2. The molecular weight excluding hydrogens is 405 g/mol. The normalized spacial score (nSPS) is 15.3. The summed E-state index contributed by atoms with van der Waals surface area (Å²) in [6, 6.07) is 4.22. The van der Waals surface area contributed by atoms with Crippen LogP contribution in [0.2, 0.25) is 0 Å². The van der Waals surface area contributed by atoms with E-state index >= 15 is 0 Å². The summed E-state index contributed by atoms with van der Waals surface area (Å²) in [6.07, 6.45) is 2.47. The van der Waals surface area contributed by atoms with E-state index in [4.69, 9.17) is 0 Å². The summed E-state index contributed by atoms with van der Waals surface area (Å²) < 4.78 is 44.4. The quantitative estimate of drug-likeness (QED) is 0.394. The van der Waals surface area contributed by atoms with Crippen LogP contribution in [0.4, 0.5) is 13.2 Å². The number of hydrogen-bond acceptors (Lipinski definition) is 5. The van der Waals surface area contributed by atoms with Gasteiger partial charge in [0.05, 0.1) is 24.6 Å². The average molecular weight is 426 g/mol. The van der Waals surface area contributed by atoms with Crippen molar-refractivity contribution in [2.75, 3.05) is 12.9 Å². The Kier molecular flexibility index (Phi) is 6.66. The highest BCUT2D eigenvalue weighted by Gasteiger charge is 2.30. The SMILES string of the molecule is COC(=O)c1cnc(SCC2CCCCC2)n(-c2ccc(C(F)(F)F)cc2)c1=O. The predicted molar refractivity (Wildman–Crippen MR) is 103 cm³/mol. The minimum absolute atomic E-state index is 0.215. The number of methoxy groups -OCH3 is 1. The zero-order valence-electron chi connectivity index (χ0n) is 15.9. The number of alkyl halides is 3. The van der Waals surface area contributed by atoms with E-state index in [0.29, 0.717) is 11.1 Å². The van der Waals surface area contributed by atoms with Gasteiger partial charge in [0.1, 0.15) is 5.56 Å². The van der Waals surface area contributed by atoms with Gasteiger partial charge in [-0.3, -0.25) is 9.36 Å². The number of ether oxygens (including phenoxy) is 1. The molecule has 1 fully saturated rings.